The number of phenolic OH excluding ortho intramolecular Hbond substituents is 1. The number of carbonyl (C=O) groups is 1. The normalized spacial score (nSPS) is 12.9. The monoisotopic (exact) mass is 322 g/mol. The Morgan fingerprint density at radius 1 is 0.870 bits per heavy atom. The number of hydrogen-bond donors (Lipinski definition) is 1. The molecule has 23 heavy (non-hydrogen) atoms. The fourth-order valence-electron chi connectivity index (χ4n) is 2.19. The van der Waals surface area contributed by atoms with Crippen LogP contribution in [0.3, 0.4) is 0 Å². The van der Waals surface area contributed by atoms with Crippen LogP contribution in [0.4, 0.5) is 4.79 Å². The highest BCUT2D eigenvalue weighted by atomic mass is 16.7. The predicted octanol–water partition coefficient (Wildman–Crippen LogP) is 5.30. The molecule has 0 bridgehead atoms. The van der Waals surface area contributed by atoms with Gasteiger partial charge in [0.2, 0.25) is 0 Å². The van der Waals surface area contributed by atoms with Crippen molar-refractivity contribution in [3.63, 3.8) is 0 Å². The first kappa shape index (κ1) is 19.3. The third-order valence-electron chi connectivity index (χ3n) is 3.26. The van der Waals surface area contributed by atoms with Crippen molar-refractivity contribution in [1.29, 1.82) is 0 Å². The summed E-state index contributed by atoms with van der Waals surface area (Å²) >= 11 is 0. The van der Waals surface area contributed by atoms with E-state index in [0.29, 0.717) is 5.75 Å². The van der Waals surface area contributed by atoms with Gasteiger partial charge in [-0.05, 0) is 43.7 Å². The van der Waals surface area contributed by atoms with Gasteiger partial charge >= 0.3 is 6.16 Å². The Labute approximate surface area is 139 Å². The molecule has 1 rings (SSSR count). The molecule has 0 atom stereocenters. The highest BCUT2D eigenvalue weighted by Gasteiger charge is 2.30. The summed E-state index contributed by atoms with van der Waals surface area (Å²) in [6.07, 6.45) is -0.737. The molecule has 0 radical (unpaired) electrons. The van der Waals surface area contributed by atoms with E-state index >= 15 is 0 Å². The number of benzene rings is 1. The number of aromatic hydroxyl groups is 1. The molecule has 130 valence electrons. The zero-order valence-electron chi connectivity index (χ0n) is 15.8. The zero-order valence-corrected chi connectivity index (χ0v) is 15.8. The first-order valence-corrected chi connectivity index (χ1v) is 7.90. The smallest absolute Gasteiger partial charge is 0.508 e. The van der Waals surface area contributed by atoms with Gasteiger partial charge in [0.25, 0.3) is 0 Å². The van der Waals surface area contributed by atoms with Crippen molar-refractivity contribution in [2.45, 2.75) is 78.7 Å². The van der Waals surface area contributed by atoms with Crippen LogP contribution in [0.1, 0.15) is 73.4 Å². The van der Waals surface area contributed by atoms with Gasteiger partial charge in [-0.3, -0.25) is 0 Å². The Bertz CT molecular complexity index is 546. The minimum atomic E-state index is -0.737. The molecule has 0 aliphatic heterocycles. The van der Waals surface area contributed by atoms with Crippen LogP contribution < -0.4 is 4.74 Å². The molecule has 1 aromatic rings. The first-order chi connectivity index (χ1) is 10.1. The zero-order chi connectivity index (χ0) is 18.2. The van der Waals surface area contributed by atoms with E-state index in [0.717, 1.165) is 11.1 Å². The molecule has 0 saturated carbocycles. The molecule has 0 aliphatic carbocycles. The van der Waals surface area contributed by atoms with Gasteiger partial charge in [0, 0.05) is 11.1 Å². The maximum Gasteiger partial charge on any atom is 0.514 e. The summed E-state index contributed by atoms with van der Waals surface area (Å²) in [4.78, 5) is 12.2. The van der Waals surface area contributed by atoms with E-state index < -0.39 is 11.8 Å². The average Bonchev–Trinajstić information content (AvgIpc) is 2.25. The van der Waals surface area contributed by atoms with Crippen LogP contribution in [0.5, 0.6) is 11.5 Å². The molecule has 1 aromatic carbocycles. The van der Waals surface area contributed by atoms with Crippen LogP contribution in [0.25, 0.3) is 0 Å². The van der Waals surface area contributed by atoms with E-state index in [1.54, 1.807) is 32.9 Å². The average molecular weight is 322 g/mol. The number of hydrogen-bond acceptors (Lipinski definition) is 4. The maximum atomic E-state index is 12.2. The summed E-state index contributed by atoms with van der Waals surface area (Å²) in [5, 5.41) is 10.1. The number of ether oxygens (including phenoxy) is 2. The second kappa shape index (κ2) is 6.06. The summed E-state index contributed by atoms with van der Waals surface area (Å²) in [7, 11) is 0. The molecule has 0 amide bonds. The molecule has 0 heterocycles. The molecule has 4 heteroatoms. The number of carbonyl (C=O) groups excluding carboxylic acids is 1. The van der Waals surface area contributed by atoms with Crippen molar-refractivity contribution in [3.05, 3.63) is 23.3 Å². The number of phenols is 1. The lowest BCUT2D eigenvalue weighted by Gasteiger charge is -2.29. The van der Waals surface area contributed by atoms with Crippen LogP contribution in [0.2, 0.25) is 0 Å². The van der Waals surface area contributed by atoms with Crippen molar-refractivity contribution in [2.24, 2.45) is 0 Å². The Kier molecular flexibility index (Phi) is 5.10. The highest BCUT2D eigenvalue weighted by Crippen LogP contribution is 2.42. The quantitative estimate of drug-likeness (QED) is 0.563. The van der Waals surface area contributed by atoms with Crippen molar-refractivity contribution in [3.8, 4) is 11.5 Å². The Hall–Kier alpha value is -1.71. The lowest BCUT2D eigenvalue weighted by atomic mass is 9.79. The summed E-state index contributed by atoms with van der Waals surface area (Å²) in [6, 6.07) is 3.30. The van der Waals surface area contributed by atoms with Crippen molar-refractivity contribution < 1.29 is 19.4 Å². The van der Waals surface area contributed by atoms with Crippen molar-refractivity contribution >= 4 is 6.16 Å². The Morgan fingerprint density at radius 2 is 1.26 bits per heavy atom. The van der Waals surface area contributed by atoms with E-state index in [-0.39, 0.29) is 16.6 Å². The van der Waals surface area contributed by atoms with E-state index in [4.69, 9.17) is 9.47 Å². The molecule has 1 N–H and O–H groups in total. The molecule has 0 saturated heterocycles. The SMILES string of the molecule is CC(C)(C)OC(=O)Oc1c(C(C)(C)C)cc(O)cc1C(C)(C)C. The van der Waals surface area contributed by atoms with E-state index in [2.05, 4.69) is 0 Å². The molecule has 0 fully saturated rings. The fraction of sp³-hybridized carbons (Fsp3) is 0.632. The molecule has 0 spiro atoms. The van der Waals surface area contributed by atoms with Crippen molar-refractivity contribution in [1.82, 2.24) is 0 Å². The van der Waals surface area contributed by atoms with Crippen LogP contribution in [-0.4, -0.2) is 16.9 Å². The second-order valence-electron chi connectivity index (χ2n) is 8.94. The van der Waals surface area contributed by atoms with Gasteiger partial charge in [0.05, 0.1) is 0 Å². The fourth-order valence-corrected chi connectivity index (χ4v) is 2.19. The summed E-state index contributed by atoms with van der Waals surface area (Å²) < 4.78 is 10.9. The third-order valence-corrected chi connectivity index (χ3v) is 3.26. The molecular weight excluding hydrogens is 292 g/mol. The van der Waals surface area contributed by atoms with Gasteiger partial charge in [-0.1, -0.05) is 41.5 Å². The van der Waals surface area contributed by atoms with Crippen LogP contribution >= 0.6 is 0 Å². The lowest BCUT2D eigenvalue weighted by molar-refractivity contribution is 0.0199. The van der Waals surface area contributed by atoms with Crippen LogP contribution in [0, 0.1) is 0 Å². The van der Waals surface area contributed by atoms with Gasteiger partial charge in [-0.25, -0.2) is 4.79 Å². The molecular formula is C19H30O4. The summed E-state index contributed by atoms with van der Waals surface area (Å²) in [5.41, 5.74) is 0.325. The number of rotatable bonds is 1. The standard InChI is InChI=1S/C19H30O4/c1-17(2,3)13-10-12(20)11-14(18(4,5)6)15(13)22-16(21)23-19(7,8)9/h10-11,20H,1-9H3. The first-order valence-electron chi connectivity index (χ1n) is 7.90. The molecule has 0 aromatic heterocycles. The maximum absolute atomic E-state index is 12.2. The molecule has 4 nitrogen and oxygen atoms in total. The molecule has 0 aliphatic rings. The Morgan fingerprint density at radius 3 is 1.57 bits per heavy atom. The van der Waals surface area contributed by atoms with Gasteiger partial charge in [-0.2, -0.15) is 0 Å². The summed E-state index contributed by atoms with van der Waals surface area (Å²) in [6.45, 7) is 17.4. The highest BCUT2D eigenvalue weighted by molar-refractivity contribution is 5.67. The van der Waals surface area contributed by atoms with Gasteiger partial charge < -0.3 is 14.6 Å². The minimum absolute atomic E-state index is 0.163. The van der Waals surface area contributed by atoms with E-state index in [9.17, 15) is 9.90 Å². The van der Waals surface area contributed by atoms with Crippen LogP contribution in [0.15, 0.2) is 12.1 Å². The minimum Gasteiger partial charge on any atom is -0.508 e. The van der Waals surface area contributed by atoms with Crippen LogP contribution in [-0.2, 0) is 15.6 Å². The van der Waals surface area contributed by atoms with Gasteiger partial charge in [-0.15, -0.1) is 0 Å². The topological polar surface area (TPSA) is 55.8 Å². The second-order valence-corrected chi connectivity index (χ2v) is 8.94. The van der Waals surface area contributed by atoms with Crippen molar-refractivity contribution in [2.75, 3.05) is 0 Å². The third kappa shape index (κ3) is 5.45. The van der Waals surface area contributed by atoms with E-state index in [1.165, 1.54) is 0 Å². The van der Waals surface area contributed by atoms with Gasteiger partial charge in [0.1, 0.15) is 17.1 Å². The largest absolute Gasteiger partial charge is 0.514 e. The van der Waals surface area contributed by atoms with E-state index in [1.807, 2.05) is 41.5 Å². The Balaban J connectivity index is 3.45. The summed E-state index contributed by atoms with van der Waals surface area (Å²) in [5.74, 6) is 0.633. The lowest BCUT2D eigenvalue weighted by Crippen LogP contribution is -2.28. The predicted molar refractivity (Wildman–Crippen MR) is 92.4 cm³/mol. The van der Waals surface area contributed by atoms with Gasteiger partial charge in [0.15, 0.2) is 0 Å². The molecule has 0 unspecified atom stereocenters.